The molecule has 134 valence electrons. The molecule has 25 heavy (non-hydrogen) atoms. The Kier molecular flexibility index (Phi) is 5.88. The number of methoxy groups -OCH3 is 1. The molecule has 0 atom stereocenters. The molecule has 2 heterocycles. The summed E-state index contributed by atoms with van der Waals surface area (Å²) in [5.41, 5.74) is 1.40. The first-order valence-corrected chi connectivity index (χ1v) is 9.30. The molecule has 1 aromatic carbocycles. The van der Waals surface area contributed by atoms with Gasteiger partial charge >= 0.3 is 0 Å². The van der Waals surface area contributed by atoms with Crippen LogP contribution in [-0.2, 0) is 11.3 Å². The fourth-order valence-corrected chi connectivity index (χ4v) is 3.76. The first kappa shape index (κ1) is 17.7. The summed E-state index contributed by atoms with van der Waals surface area (Å²) in [5, 5.41) is 3.84. The van der Waals surface area contributed by atoms with Crippen LogP contribution in [0.15, 0.2) is 24.3 Å². The summed E-state index contributed by atoms with van der Waals surface area (Å²) in [6.45, 7) is 4.87. The first-order chi connectivity index (χ1) is 12.2. The van der Waals surface area contributed by atoms with Gasteiger partial charge < -0.3 is 19.7 Å². The van der Waals surface area contributed by atoms with Crippen LogP contribution in [0.25, 0.3) is 0 Å². The second-order valence-electron chi connectivity index (χ2n) is 5.79. The van der Waals surface area contributed by atoms with E-state index in [-0.39, 0.29) is 5.91 Å². The van der Waals surface area contributed by atoms with Crippen molar-refractivity contribution in [1.29, 1.82) is 0 Å². The van der Waals surface area contributed by atoms with Crippen molar-refractivity contribution in [1.82, 2.24) is 4.98 Å². The normalized spacial score (nSPS) is 13.9. The summed E-state index contributed by atoms with van der Waals surface area (Å²) >= 11 is 1.44. The van der Waals surface area contributed by atoms with Gasteiger partial charge in [-0.25, -0.2) is 4.98 Å². The van der Waals surface area contributed by atoms with Crippen molar-refractivity contribution in [3.8, 4) is 5.75 Å². The largest absolute Gasteiger partial charge is 0.497 e. The fraction of sp³-hybridized carbons (Fsp3) is 0.444. The monoisotopic (exact) mass is 361 g/mol. The Morgan fingerprint density at radius 2 is 2.16 bits per heavy atom. The second-order valence-corrected chi connectivity index (χ2v) is 6.77. The first-order valence-electron chi connectivity index (χ1n) is 8.49. The Hall–Kier alpha value is -2.12. The maximum atomic E-state index is 12.8. The quantitative estimate of drug-likeness (QED) is 0.817. The third kappa shape index (κ3) is 4.29. The van der Waals surface area contributed by atoms with Crippen molar-refractivity contribution in [3.63, 3.8) is 0 Å². The summed E-state index contributed by atoms with van der Waals surface area (Å²) in [6.07, 6.45) is 2.34. The topological polar surface area (TPSA) is 63.7 Å². The van der Waals surface area contributed by atoms with Gasteiger partial charge in [0, 0.05) is 31.5 Å². The zero-order chi connectivity index (χ0) is 17.6. The minimum atomic E-state index is -0.161. The smallest absolute Gasteiger partial charge is 0.267 e. The number of hydrogen-bond acceptors (Lipinski definition) is 6. The number of carbonyl (C=O) groups excluding carboxylic acids is 1. The van der Waals surface area contributed by atoms with Gasteiger partial charge in [-0.2, -0.15) is 0 Å². The maximum absolute atomic E-state index is 12.8. The molecule has 0 unspecified atom stereocenters. The molecule has 6 nitrogen and oxygen atoms in total. The molecule has 1 aliphatic rings. The molecule has 1 fully saturated rings. The van der Waals surface area contributed by atoms with Gasteiger partial charge in [0.1, 0.15) is 10.6 Å². The van der Waals surface area contributed by atoms with Crippen molar-refractivity contribution in [2.45, 2.75) is 26.4 Å². The molecule has 1 aromatic heterocycles. The van der Waals surface area contributed by atoms with Crippen molar-refractivity contribution in [3.05, 3.63) is 34.8 Å². The molecule has 0 spiro atoms. The van der Waals surface area contributed by atoms with Crippen LogP contribution in [0.4, 0.5) is 10.8 Å². The van der Waals surface area contributed by atoms with Crippen molar-refractivity contribution in [2.75, 3.05) is 37.0 Å². The summed E-state index contributed by atoms with van der Waals surface area (Å²) < 4.78 is 10.7. The van der Waals surface area contributed by atoms with E-state index in [0.717, 1.165) is 18.2 Å². The van der Waals surface area contributed by atoms with Crippen LogP contribution < -0.4 is 15.0 Å². The highest BCUT2D eigenvalue weighted by molar-refractivity contribution is 7.17. The molecule has 0 radical (unpaired) electrons. The number of rotatable bonds is 7. The number of hydrogen-bond donors (Lipinski definition) is 1. The minimum absolute atomic E-state index is 0.161. The Labute approximate surface area is 151 Å². The highest BCUT2D eigenvalue weighted by Gasteiger charge is 2.23. The van der Waals surface area contributed by atoms with Crippen LogP contribution in [0, 0.1) is 0 Å². The molecule has 7 heteroatoms. The van der Waals surface area contributed by atoms with E-state index in [2.05, 4.69) is 15.2 Å². The highest BCUT2D eigenvalue weighted by Crippen LogP contribution is 2.30. The number of benzene rings is 1. The van der Waals surface area contributed by atoms with Crippen LogP contribution in [0.3, 0.4) is 0 Å². The number of carbonyl (C=O) groups is 1. The molecular formula is C18H23N3O3S. The minimum Gasteiger partial charge on any atom is -0.497 e. The van der Waals surface area contributed by atoms with Gasteiger partial charge in [0.25, 0.3) is 5.91 Å². The van der Waals surface area contributed by atoms with Crippen LogP contribution in [0.2, 0.25) is 0 Å². The van der Waals surface area contributed by atoms with E-state index >= 15 is 0 Å². The summed E-state index contributed by atoms with van der Waals surface area (Å²) in [6, 6.07) is 7.32. The molecule has 0 aliphatic carbocycles. The van der Waals surface area contributed by atoms with Gasteiger partial charge in [-0.3, -0.25) is 4.79 Å². The van der Waals surface area contributed by atoms with Crippen LogP contribution in [-0.4, -0.2) is 37.7 Å². The predicted octanol–water partition coefficient (Wildman–Crippen LogP) is 3.54. The number of ether oxygens (including phenoxy) is 2. The Bertz CT molecular complexity index is 726. The Balaban J connectivity index is 1.81. The molecule has 3 rings (SSSR count). The summed E-state index contributed by atoms with van der Waals surface area (Å²) in [7, 11) is 1.60. The van der Waals surface area contributed by atoms with E-state index in [9.17, 15) is 4.79 Å². The van der Waals surface area contributed by atoms with Crippen molar-refractivity contribution in [2.24, 2.45) is 0 Å². The van der Waals surface area contributed by atoms with Crippen LogP contribution in [0.1, 0.15) is 35.1 Å². The van der Waals surface area contributed by atoms with Gasteiger partial charge in [0.15, 0.2) is 5.13 Å². The molecule has 1 saturated heterocycles. The zero-order valence-electron chi connectivity index (χ0n) is 14.6. The van der Waals surface area contributed by atoms with Gasteiger partial charge in [-0.1, -0.05) is 17.4 Å². The van der Waals surface area contributed by atoms with E-state index in [1.165, 1.54) is 24.2 Å². The summed E-state index contributed by atoms with van der Waals surface area (Å²) in [5.74, 6) is 0.542. The molecular weight excluding hydrogens is 338 g/mol. The van der Waals surface area contributed by atoms with E-state index < -0.39 is 0 Å². The molecule has 1 N–H and O–H groups in total. The Morgan fingerprint density at radius 3 is 2.88 bits per heavy atom. The van der Waals surface area contributed by atoms with E-state index in [0.29, 0.717) is 35.2 Å². The van der Waals surface area contributed by atoms with Gasteiger partial charge in [0.05, 0.1) is 19.4 Å². The third-order valence-electron chi connectivity index (χ3n) is 4.04. The van der Waals surface area contributed by atoms with E-state index in [1.807, 2.05) is 25.1 Å². The SMILES string of the molecule is CCOCc1nc(N2CCCC2)sc1C(=O)Nc1cccc(OC)c1. The number of nitrogens with zero attached hydrogens (tertiary/aromatic N) is 2. The number of anilines is 2. The number of aromatic nitrogens is 1. The average molecular weight is 361 g/mol. The third-order valence-corrected chi connectivity index (χ3v) is 5.20. The zero-order valence-corrected chi connectivity index (χ0v) is 15.4. The Morgan fingerprint density at radius 1 is 1.36 bits per heavy atom. The maximum Gasteiger partial charge on any atom is 0.267 e. The van der Waals surface area contributed by atoms with E-state index in [4.69, 9.17) is 9.47 Å². The summed E-state index contributed by atoms with van der Waals surface area (Å²) in [4.78, 5) is 20.3. The standard InChI is InChI=1S/C18H23N3O3S/c1-3-24-12-15-16(25-18(20-15)21-9-4-5-10-21)17(22)19-13-7-6-8-14(11-13)23-2/h6-8,11H,3-5,9-10,12H2,1-2H3,(H,19,22). The predicted molar refractivity (Wildman–Crippen MR) is 99.8 cm³/mol. The number of nitrogens with one attached hydrogen (secondary N) is 1. The lowest BCUT2D eigenvalue weighted by atomic mass is 10.3. The fourth-order valence-electron chi connectivity index (χ4n) is 2.75. The number of thiazole rings is 1. The molecule has 0 saturated carbocycles. The van der Waals surface area contributed by atoms with Crippen molar-refractivity contribution < 1.29 is 14.3 Å². The molecule has 0 bridgehead atoms. The van der Waals surface area contributed by atoms with Gasteiger partial charge in [-0.15, -0.1) is 0 Å². The van der Waals surface area contributed by atoms with Crippen LogP contribution >= 0.6 is 11.3 Å². The van der Waals surface area contributed by atoms with E-state index in [1.54, 1.807) is 13.2 Å². The number of amides is 1. The molecule has 1 amide bonds. The van der Waals surface area contributed by atoms with Crippen molar-refractivity contribution >= 4 is 28.1 Å². The lowest BCUT2D eigenvalue weighted by Gasteiger charge is -2.12. The van der Waals surface area contributed by atoms with Gasteiger partial charge in [0.2, 0.25) is 0 Å². The molecule has 2 aromatic rings. The average Bonchev–Trinajstić information content (AvgIpc) is 3.29. The lowest BCUT2D eigenvalue weighted by Crippen LogP contribution is -2.17. The highest BCUT2D eigenvalue weighted by atomic mass is 32.1. The van der Waals surface area contributed by atoms with Gasteiger partial charge in [-0.05, 0) is 31.9 Å². The second kappa shape index (κ2) is 8.31. The van der Waals surface area contributed by atoms with Crippen LogP contribution in [0.5, 0.6) is 5.75 Å². The lowest BCUT2D eigenvalue weighted by molar-refractivity contribution is 0.101. The molecule has 1 aliphatic heterocycles.